The molecule has 1 saturated carbocycles. The molecule has 0 amide bonds. The van der Waals surface area contributed by atoms with Crippen LogP contribution in [0, 0.1) is 5.82 Å². The summed E-state index contributed by atoms with van der Waals surface area (Å²) in [5.74, 6) is 0.175. The van der Waals surface area contributed by atoms with E-state index in [0.717, 1.165) is 42.3 Å². The molecule has 0 spiro atoms. The number of thiocarbonyl (C=S) groups is 1. The van der Waals surface area contributed by atoms with Crippen LogP contribution in [0.25, 0.3) is 10.9 Å². The minimum absolute atomic E-state index is 0.222. The fraction of sp³-hybridized carbons (Fsp3) is 0.273. The fourth-order valence-electron chi connectivity index (χ4n) is 4.04. The van der Waals surface area contributed by atoms with E-state index in [1.807, 2.05) is 18.3 Å². The number of nitrogens with two attached hydrogens (primary N) is 1. The van der Waals surface area contributed by atoms with Gasteiger partial charge in [-0.3, -0.25) is 4.98 Å². The zero-order chi connectivity index (χ0) is 20.4. The predicted octanol–water partition coefficient (Wildman–Crippen LogP) is 5.62. The molecular formula is C22H22ClFN4S. The first-order chi connectivity index (χ1) is 14.0. The van der Waals surface area contributed by atoms with Crippen LogP contribution in [0.5, 0.6) is 0 Å². The van der Waals surface area contributed by atoms with Crippen LogP contribution >= 0.6 is 23.8 Å². The van der Waals surface area contributed by atoms with Gasteiger partial charge in [0.1, 0.15) is 5.82 Å². The third-order valence-electron chi connectivity index (χ3n) is 5.50. The second-order valence-corrected chi connectivity index (χ2v) is 8.28. The Morgan fingerprint density at radius 1 is 1.10 bits per heavy atom. The third-order valence-corrected chi connectivity index (χ3v) is 5.96. The Hall–Kier alpha value is -2.44. The van der Waals surface area contributed by atoms with Gasteiger partial charge < -0.3 is 16.4 Å². The molecule has 150 valence electrons. The Morgan fingerprint density at radius 3 is 2.66 bits per heavy atom. The van der Waals surface area contributed by atoms with Gasteiger partial charge in [-0.2, -0.15) is 0 Å². The topological polar surface area (TPSA) is 63.0 Å². The summed E-state index contributed by atoms with van der Waals surface area (Å²) >= 11 is 11.4. The molecule has 7 heteroatoms. The van der Waals surface area contributed by atoms with Crippen LogP contribution in [-0.2, 0) is 0 Å². The van der Waals surface area contributed by atoms with Crippen molar-refractivity contribution in [2.75, 3.05) is 11.1 Å². The molecular weight excluding hydrogens is 407 g/mol. The third kappa shape index (κ3) is 4.60. The van der Waals surface area contributed by atoms with Gasteiger partial charge in [0.05, 0.1) is 16.9 Å². The Morgan fingerprint density at radius 2 is 1.90 bits per heavy atom. The number of benzene rings is 2. The van der Waals surface area contributed by atoms with Crippen LogP contribution in [0.2, 0.25) is 5.02 Å². The van der Waals surface area contributed by atoms with Crippen molar-refractivity contribution in [1.82, 2.24) is 10.3 Å². The highest BCUT2D eigenvalue weighted by atomic mass is 35.5. The number of nitrogen functional groups attached to an aromatic ring is 1. The summed E-state index contributed by atoms with van der Waals surface area (Å²) in [6.07, 6.45) is 5.82. The van der Waals surface area contributed by atoms with Crippen molar-refractivity contribution >= 4 is 51.2 Å². The molecule has 4 N–H and O–H groups in total. The lowest BCUT2D eigenvalue weighted by atomic mass is 9.80. The van der Waals surface area contributed by atoms with Crippen LogP contribution < -0.4 is 16.4 Å². The minimum atomic E-state index is -0.222. The number of anilines is 2. The summed E-state index contributed by atoms with van der Waals surface area (Å²) in [5, 5.41) is 8.59. The van der Waals surface area contributed by atoms with Gasteiger partial charge in [-0.15, -0.1) is 0 Å². The van der Waals surface area contributed by atoms with Crippen LogP contribution in [0.1, 0.15) is 37.2 Å². The van der Waals surface area contributed by atoms with Crippen LogP contribution in [0.3, 0.4) is 0 Å². The van der Waals surface area contributed by atoms with Gasteiger partial charge in [-0.05, 0) is 91.8 Å². The Balaban J connectivity index is 1.37. The highest BCUT2D eigenvalue weighted by Gasteiger charge is 2.24. The molecule has 2 aromatic carbocycles. The van der Waals surface area contributed by atoms with E-state index in [-0.39, 0.29) is 5.82 Å². The van der Waals surface area contributed by atoms with Crippen LogP contribution in [0.15, 0.2) is 48.7 Å². The molecule has 0 radical (unpaired) electrons. The molecule has 0 aliphatic heterocycles. The molecule has 0 saturated heterocycles. The lowest BCUT2D eigenvalue weighted by Crippen LogP contribution is -2.39. The number of nitrogens with one attached hydrogen (secondary N) is 2. The molecule has 3 aromatic rings. The number of fused-ring (bicyclic) bond motifs is 1. The van der Waals surface area contributed by atoms with E-state index >= 15 is 0 Å². The van der Waals surface area contributed by atoms with Gasteiger partial charge >= 0.3 is 0 Å². The van der Waals surface area contributed by atoms with Crippen molar-refractivity contribution in [3.05, 3.63) is 65.1 Å². The number of pyridine rings is 1. The summed E-state index contributed by atoms with van der Waals surface area (Å²) < 4.78 is 13.7. The Labute approximate surface area is 179 Å². The maximum Gasteiger partial charge on any atom is 0.171 e. The van der Waals surface area contributed by atoms with Crippen molar-refractivity contribution in [2.24, 2.45) is 0 Å². The molecule has 1 fully saturated rings. The van der Waals surface area contributed by atoms with E-state index in [4.69, 9.17) is 29.6 Å². The van der Waals surface area contributed by atoms with E-state index in [1.54, 1.807) is 24.3 Å². The van der Waals surface area contributed by atoms with Gasteiger partial charge in [0.2, 0.25) is 0 Å². The highest BCUT2D eigenvalue weighted by molar-refractivity contribution is 7.80. The Kier molecular flexibility index (Phi) is 5.83. The fourth-order valence-corrected chi connectivity index (χ4v) is 4.49. The smallest absolute Gasteiger partial charge is 0.171 e. The number of halogens is 2. The molecule has 1 aliphatic carbocycles. The van der Waals surface area contributed by atoms with E-state index < -0.39 is 0 Å². The summed E-state index contributed by atoms with van der Waals surface area (Å²) in [5.41, 5.74) is 9.30. The summed E-state index contributed by atoms with van der Waals surface area (Å²) in [6, 6.07) is 12.4. The molecule has 0 atom stereocenters. The van der Waals surface area contributed by atoms with Gasteiger partial charge in [0.25, 0.3) is 0 Å². The van der Waals surface area contributed by atoms with Crippen molar-refractivity contribution in [3.8, 4) is 0 Å². The molecule has 4 nitrogen and oxygen atoms in total. The predicted molar refractivity (Wildman–Crippen MR) is 122 cm³/mol. The van der Waals surface area contributed by atoms with Crippen LogP contribution in [-0.4, -0.2) is 16.1 Å². The van der Waals surface area contributed by atoms with Gasteiger partial charge in [-0.25, -0.2) is 4.39 Å². The summed E-state index contributed by atoms with van der Waals surface area (Å²) in [6.45, 7) is 0. The second-order valence-electron chi connectivity index (χ2n) is 7.44. The van der Waals surface area contributed by atoms with Crippen molar-refractivity contribution < 1.29 is 4.39 Å². The first-order valence-corrected chi connectivity index (χ1v) is 10.4. The number of nitrogens with zero attached hydrogens (tertiary/aromatic N) is 1. The molecule has 0 unspecified atom stereocenters. The lowest BCUT2D eigenvalue weighted by molar-refractivity contribution is 0.376. The van der Waals surface area contributed by atoms with E-state index in [1.165, 1.54) is 11.6 Å². The molecule has 0 bridgehead atoms. The number of hydrogen-bond acceptors (Lipinski definition) is 3. The van der Waals surface area contributed by atoms with Gasteiger partial charge in [0.15, 0.2) is 5.11 Å². The molecule has 1 heterocycles. The van der Waals surface area contributed by atoms with Crippen LogP contribution in [0.4, 0.5) is 15.8 Å². The first-order valence-electron chi connectivity index (χ1n) is 9.66. The monoisotopic (exact) mass is 428 g/mol. The quantitative estimate of drug-likeness (QED) is 0.373. The van der Waals surface area contributed by atoms with E-state index in [9.17, 15) is 4.39 Å². The van der Waals surface area contributed by atoms with Gasteiger partial charge in [-0.1, -0.05) is 11.6 Å². The first kappa shape index (κ1) is 19.9. The zero-order valence-corrected chi connectivity index (χ0v) is 17.4. The van der Waals surface area contributed by atoms with Crippen molar-refractivity contribution in [1.29, 1.82) is 0 Å². The van der Waals surface area contributed by atoms with E-state index in [0.29, 0.717) is 27.8 Å². The lowest BCUT2D eigenvalue weighted by Gasteiger charge is -2.30. The normalized spacial score (nSPS) is 19.1. The summed E-state index contributed by atoms with van der Waals surface area (Å²) in [7, 11) is 0. The van der Waals surface area contributed by atoms with Crippen molar-refractivity contribution in [3.63, 3.8) is 0 Å². The largest absolute Gasteiger partial charge is 0.397 e. The van der Waals surface area contributed by atoms with E-state index in [2.05, 4.69) is 15.6 Å². The molecule has 1 aromatic heterocycles. The Bertz CT molecular complexity index is 1050. The summed E-state index contributed by atoms with van der Waals surface area (Å²) in [4.78, 5) is 4.36. The highest BCUT2D eigenvalue weighted by Crippen LogP contribution is 2.36. The maximum absolute atomic E-state index is 13.7. The number of hydrogen-bond donors (Lipinski definition) is 3. The van der Waals surface area contributed by atoms with Crippen molar-refractivity contribution in [2.45, 2.75) is 37.6 Å². The second kappa shape index (κ2) is 8.51. The molecule has 4 rings (SSSR count). The molecule has 1 aliphatic rings. The zero-order valence-electron chi connectivity index (χ0n) is 15.8. The number of aromatic nitrogens is 1. The SMILES string of the molecule is Nc1cc(Cl)ccc1NC(=S)NC1CCC(c2ccnc3ccc(F)cc23)CC1. The standard InChI is InChI=1S/C22H22ClFN4S/c23-14-3-7-21(19(25)11-14)28-22(29)27-16-5-1-13(2-6-16)17-9-10-26-20-8-4-15(24)12-18(17)20/h3-4,7-13,16H,1-2,5-6,25H2,(H2,27,28,29). The molecule has 29 heavy (non-hydrogen) atoms. The average molecular weight is 429 g/mol. The minimum Gasteiger partial charge on any atom is -0.397 e. The maximum atomic E-state index is 13.7. The van der Waals surface area contributed by atoms with Gasteiger partial charge in [0, 0.05) is 22.6 Å². The number of rotatable bonds is 3. The average Bonchev–Trinajstić information content (AvgIpc) is 2.70.